The second-order valence-electron chi connectivity index (χ2n) is 3.36. The molecule has 0 amide bonds. The molecule has 1 atom stereocenters. The number of nitrogens with two attached hydrogens (primary N) is 1. The standard InChI is InChI=1S/C10H11F2NO/c11-10(12)7-3-1-2-4-8(7)14-6-5-9(10)13/h1-4,9H,5-6,13H2. The number of rotatable bonds is 0. The van der Waals surface area contributed by atoms with Crippen molar-refractivity contribution >= 4 is 0 Å². The second-order valence-corrected chi connectivity index (χ2v) is 3.36. The molecule has 0 saturated carbocycles. The van der Waals surface area contributed by atoms with E-state index in [0.717, 1.165) is 0 Å². The summed E-state index contributed by atoms with van der Waals surface area (Å²) >= 11 is 0. The fourth-order valence-electron chi connectivity index (χ4n) is 1.54. The lowest BCUT2D eigenvalue weighted by Gasteiger charge is -2.21. The smallest absolute Gasteiger partial charge is 0.291 e. The molecule has 4 heteroatoms. The first-order chi connectivity index (χ1) is 6.62. The molecule has 1 aromatic rings. The summed E-state index contributed by atoms with van der Waals surface area (Å²) in [4.78, 5) is 0. The van der Waals surface area contributed by atoms with Crippen molar-refractivity contribution < 1.29 is 13.5 Å². The van der Waals surface area contributed by atoms with E-state index in [1.54, 1.807) is 18.2 Å². The summed E-state index contributed by atoms with van der Waals surface area (Å²) in [6, 6.07) is 4.98. The van der Waals surface area contributed by atoms with Gasteiger partial charge in [-0.25, -0.2) is 0 Å². The van der Waals surface area contributed by atoms with E-state index in [9.17, 15) is 8.78 Å². The molecule has 76 valence electrons. The third kappa shape index (κ3) is 1.35. The molecule has 0 radical (unpaired) electrons. The molecule has 0 aliphatic carbocycles. The van der Waals surface area contributed by atoms with Gasteiger partial charge in [-0.2, -0.15) is 8.78 Å². The Morgan fingerprint density at radius 3 is 2.86 bits per heavy atom. The quantitative estimate of drug-likeness (QED) is 0.692. The number of alkyl halides is 2. The zero-order valence-corrected chi connectivity index (χ0v) is 7.54. The van der Waals surface area contributed by atoms with Gasteiger partial charge in [0.2, 0.25) is 0 Å². The normalized spacial score (nSPS) is 24.6. The van der Waals surface area contributed by atoms with Gasteiger partial charge in [0.1, 0.15) is 5.75 Å². The maximum absolute atomic E-state index is 13.6. The summed E-state index contributed by atoms with van der Waals surface area (Å²) in [6.45, 7) is 0.244. The average molecular weight is 199 g/mol. The van der Waals surface area contributed by atoms with Gasteiger partial charge in [0.15, 0.2) is 0 Å². The van der Waals surface area contributed by atoms with Gasteiger partial charge in [0.25, 0.3) is 5.92 Å². The van der Waals surface area contributed by atoms with Crippen molar-refractivity contribution in [1.82, 2.24) is 0 Å². The molecular weight excluding hydrogens is 188 g/mol. The van der Waals surface area contributed by atoms with Crippen LogP contribution in [0.5, 0.6) is 5.75 Å². The lowest BCUT2D eigenvalue weighted by atomic mass is 10.00. The van der Waals surface area contributed by atoms with Crippen LogP contribution in [0, 0.1) is 0 Å². The van der Waals surface area contributed by atoms with Crippen LogP contribution in [0.25, 0.3) is 0 Å². The Hall–Kier alpha value is -1.16. The summed E-state index contributed by atoms with van der Waals surface area (Å²) in [5, 5.41) is 0. The van der Waals surface area contributed by atoms with Gasteiger partial charge in [-0.3, -0.25) is 0 Å². The molecule has 0 saturated heterocycles. The zero-order chi connectivity index (χ0) is 10.2. The van der Waals surface area contributed by atoms with Gasteiger partial charge in [-0.1, -0.05) is 12.1 Å². The first kappa shape index (κ1) is 9.40. The number of fused-ring (bicyclic) bond motifs is 1. The topological polar surface area (TPSA) is 35.2 Å². The molecule has 1 aromatic carbocycles. The predicted octanol–water partition coefficient (Wildman–Crippen LogP) is 1.89. The summed E-state index contributed by atoms with van der Waals surface area (Å²) in [7, 11) is 0. The van der Waals surface area contributed by atoms with Gasteiger partial charge in [0.05, 0.1) is 18.2 Å². The molecule has 1 unspecified atom stereocenters. The number of ether oxygens (including phenoxy) is 1. The molecule has 2 rings (SSSR count). The van der Waals surface area contributed by atoms with E-state index in [2.05, 4.69) is 0 Å². The Morgan fingerprint density at radius 2 is 2.07 bits per heavy atom. The van der Waals surface area contributed by atoms with Gasteiger partial charge >= 0.3 is 0 Å². The Morgan fingerprint density at radius 1 is 1.36 bits per heavy atom. The van der Waals surface area contributed by atoms with Crippen LogP contribution < -0.4 is 10.5 Å². The van der Waals surface area contributed by atoms with E-state index in [4.69, 9.17) is 10.5 Å². The average Bonchev–Trinajstić information content (AvgIpc) is 2.27. The molecule has 0 aromatic heterocycles. The fraction of sp³-hybridized carbons (Fsp3) is 0.400. The van der Waals surface area contributed by atoms with Crippen molar-refractivity contribution in [2.24, 2.45) is 5.73 Å². The van der Waals surface area contributed by atoms with Crippen molar-refractivity contribution in [2.75, 3.05) is 6.61 Å². The summed E-state index contributed by atoms with van der Waals surface area (Å²) in [5.74, 6) is -2.75. The van der Waals surface area contributed by atoms with Crippen molar-refractivity contribution in [1.29, 1.82) is 0 Å². The van der Waals surface area contributed by atoms with E-state index >= 15 is 0 Å². The van der Waals surface area contributed by atoms with E-state index in [-0.39, 0.29) is 24.3 Å². The molecular formula is C10H11F2NO. The van der Waals surface area contributed by atoms with Gasteiger partial charge in [-0.05, 0) is 12.1 Å². The molecule has 0 bridgehead atoms. The highest BCUT2D eigenvalue weighted by atomic mass is 19.3. The third-order valence-electron chi connectivity index (χ3n) is 2.40. The zero-order valence-electron chi connectivity index (χ0n) is 7.54. The minimum absolute atomic E-state index is 0.106. The lowest BCUT2D eigenvalue weighted by molar-refractivity contribution is -0.0308. The Bertz CT molecular complexity index is 341. The van der Waals surface area contributed by atoms with Gasteiger partial charge in [-0.15, -0.1) is 0 Å². The first-order valence-corrected chi connectivity index (χ1v) is 4.48. The first-order valence-electron chi connectivity index (χ1n) is 4.48. The molecule has 0 spiro atoms. The summed E-state index contributed by atoms with van der Waals surface area (Å²) in [5.41, 5.74) is 5.29. The number of para-hydroxylation sites is 1. The van der Waals surface area contributed by atoms with Crippen LogP contribution in [0.4, 0.5) is 8.78 Å². The number of benzene rings is 1. The molecule has 14 heavy (non-hydrogen) atoms. The Balaban J connectivity index is 2.51. The molecule has 1 aliphatic rings. The molecule has 0 fully saturated rings. The molecule has 2 nitrogen and oxygen atoms in total. The third-order valence-corrected chi connectivity index (χ3v) is 2.40. The molecule has 2 N–H and O–H groups in total. The number of hydrogen-bond donors (Lipinski definition) is 1. The van der Waals surface area contributed by atoms with E-state index in [1.807, 2.05) is 0 Å². The van der Waals surface area contributed by atoms with Crippen LogP contribution in [0.2, 0.25) is 0 Å². The highest BCUT2D eigenvalue weighted by Gasteiger charge is 2.42. The van der Waals surface area contributed by atoms with Crippen molar-refractivity contribution in [3.8, 4) is 5.75 Å². The Kier molecular flexibility index (Phi) is 2.15. The summed E-state index contributed by atoms with van der Waals surface area (Å²) < 4.78 is 32.5. The van der Waals surface area contributed by atoms with Crippen LogP contribution in [0.1, 0.15) is 12.0 Å². The highest BCUT2D eigenvalue weighted by Crippen LogP contribution is 2.39. The van der Waals surface area contributed by atoms with Crippen molar-refractivity contribution in [2.45, 2.75) is 18.4 Å². The molecule has 1 heterocycles. The summed E-state index contributed by atoms with van der Waals surface area (Å²) in [6.07, 6.45) is 0.168. The van der Waals surface area contributed by atoms with Crippen LogP contribution in [-0.2, 0) is 5.92 Å². The van der Waals surface area contributed by atoms with Gasteiger partial charge < -0.3 is 10.5 Å². The number of hydrogen-bond acceptors (Lipinski definition) is 2. The fourth-order valence-corrected chi connectivity index (χ4v) is 1.54. The monoisotopic (exact) mass is 199 g/mol. The predicted molar refractivity (Wildman–Crippen MR) is 48.4 cm³/mol. The minimum Gasteiger partial charge on any atom is -0.493 e. The highest BCUT2D eigenvalue weighted by molar-refractivity contribution is 5.38. The lowest BCUT2D eigenvalue weighted by Crippen LogP contribution is -2.38. The maximum Gasteiger partial charge on any atom is 0.291 e. The van der Waals surface area contributed by atoms with E-state index < -0.39 is 12.0 Å². The van der Waals surface area contributed by atoms with Crippen LogP contribution >= 0.6 is 0 Å². The van der Waals surface area contributed by atoms with Crippen molar-refractivity contribution in [3.05, 3.63) is 29.8 Å². The number of halogens is 2. The minimum atomic E-state index is -2.99. The SMILES string of the molecule is NC1CCOc2ccccc2C1(F)F. The largest absolute Gasteiger partial charge is 0.493 e. The van der Waals surface area contributed by atoms with Gasteiger partial charge in [0, 0.05) is 6.42 Å². The van der Waals surface area contributed by atoms with Crippen molar-refractivity contribution in [3.63, 3.8) is 0 Å². The van der Waals surface area contributed by atoms with Crippen LogP contribution in [0.15, 0.2) is 24.3 Å². The second kappa shape index (κ2) is 3.20. The Labute approximate surface area is 80.7 Å². The van der Waals surface area contributed by atoms with E-state index in [0.29, 0.717) is 0 Å². The molecule has 1 aliphatic heterocycles. The van der Waals surface area contributed by atoms with Crippen LogP contribution in [0.3, 0.4) is 0 Å². The van der Waals surface area contributed by atoms with E-state index in [1.165, 1.54) is 6.07 Å². The maximum atomic E-state index is 13.6. The van der Waals surface area contributed by atoms with Crippen LogP contribution in [-0.4, -0.2) is 12.6 Å².